The lowest BCUT2D eigenvalue weighted by atomic mass is 9.56. The molecule has 0 aliphatic heterocycles. The summed E-state index contributed by atoms with van der Waals surface area (Å²) in [6, 6.07) is 0. The summed E-state index contributed by atoms with van der Waals surface area (Å²) in [4.78, 5) is 0. The number of rotatable bonds is 0. The summed E-state index contributed by atoms with van der Waals surface area (Å²) in [6.07, 6.45) is 4.20. The van der Waals surface area contributed by atoms with Crippen molar-refractivity contribution >= 4 is 0 Å². The summed E-state index contributed by atoms with van der Waals surface area (Å²) in [5.74, 6) is 0.595. The second-order valence-corrected chi connectivity index (χ2v) is 6.04. The van der Waals surface area contributed by atoms with Crippen LogP contribution in [0.1, 0.15) is 46.5 Å². The van der Waals surface area contributed by atoms with Gasteiger partial charge in [-0.05, 0) is 48.0 Å². The zero-order chi connectivity index (χ0) is 11.3. The SMILES string of the molecule is C=C=C1CC[C@H]2C(C)(C)[C@@H](O)CC[C@]12C. The van der Waals surface area contributed by atoms with E-state index in [1.54, 1.807) is 0 Å². The van der Waals surface area contributed by atoms with E-state index in [1.165, 1.54) is 12.0 Å². The van der Waals surface area contributed by atoms with E-state index in [2.05, 4.69) is 33.1 Å². The fourth-order valence-electron chi connectivity index (χ4n) is 3.95. The Kier molecular flexibility index (Phi) is 2.37. The number of aliphatic hydroxyl groups is 1. The molecule has 2 rings (SSSR count). The van der Waals surface area contributed by atoms with E-state index in [1.807, 2.05) is 0 Å². The topological polar surface area (TPSA) is 20.2 Å². The highest BCUT2D eigenvalue weighted by Crippen LogP contribution is 2.61. The second-order valence-electron chi connectivity index (χ2n) is 6.04. The third kappa shape index (κ3) is 1.33. The van der Waals surface area contributed by atoms with Gasteiger partial charge in [0.15, 0.2) is 0 Å². The Morgan fingerprint density at radius 2 is 2.00 bits per heavy atom. The summed E-state index contributed by atoms with van der Waals surface area (Å²) < 4.78 is 0. The van der Waals surface area contributed by atoms with E-state index >= 15 is 0 Å². The molecule has 84 valence electrons. The molecule has 0 amide bonds. The van der Waals surface area contributed by atoms with Crippen LogP contribution in [0.2, 0.25) is 0 Å². The van der Waals surface area contributed by atoms with Crippen molar-refractivity contribution in [1.29, 1.82) is 0 Å². The van der Waals surface area contributed by atoms with E-state index in [0.717, 1.165) is 19.3 Å². The molecule has 2 aliphatic carbocycles. The number of hydrogen-bond donors (Lipinski definition) is 1. The van der Waals surface area contributed by atoms with Gasteiger partial charge < -0.3 is 5.11 Å². The quantitative estimate of drug-likeness (QED) is 0.603. The Hall–Kier alpha value is -0.520. The van der Waals surface area contributed by atoms with Crippen molar-refractivity contribution in [3.8, 4) is 0 Å². The maximum atomic E-state index is 10.1. The molecule has 1 N–H and O–H groups in total. The molecule has 1 nitrogen and oxygen atoms in total. The standard InChI is InChI=1S/C14H22O/c1-5-10-6-7-11-13(2,3)12(15)8-9-14(10,11)4/h11-12,15H,1,6-9H2,2-4H3/t11-,12-,14+/m0/s1. The van der Waals surface area contributed by atoms with E-state index in [9.17, 15) is 5.11 Å². The molecule has 0 aromatic rings. The summed E-state index contributed by atoms with van der Waals surface area (Å²) in [6.45, 7) is 10.6. The lowest BCUT2D eigenvalue weighted by molar-refractivity contribution is -0.0710. The van der Waals surface area contributed by atoms with Crippen LogP contribution in [0.15, 0.2) is 17.9 Å². The van der Waals surface area contributed by atoms with Gasteiger partial charge in [-0.15, -0.1) is 5.73 Å². The van der Waals surface area contributed by atoms with Crippen molar-refractivity contribution in [2.45, 2.75) is 52.6 Å². The van der Waals surface area contributed by atoms with Crippen molar-refractivity contribution in [2.24, 2.45) is 16.7 Å². The molecule has 0 aromatic heterocycles. The number of fused-ring (bicyclic) bond motifs is 1. The van der Waals surface area contributed by atoms with Crippen molar-refractivity contribution in [3.63, 3.8) is 0 Å². The van der Waals surface area contributed by atoms with Gasteiger partial charge >= 0.3 is 0 Å². The Bertz CT molecular complexity index is 322. The van der Waals surface area contributed by atoms with Crippen LogP contribution in [0.5, 0.6) is 0 Å². The van der Waals surface area contributed by atoms with Crippen LogP contribution >= 0.6 is 0 Å². The van der Waals surface area contributed by atoms with Crippen LogP contribution < -0.4 is 0 Å². The van der Waals surface area contributed by atoms with Crippen molar-refractivity contribution in [1.82, 2.24) is 0 Å². The third-order valence-electron chi connectivity index (χ3n) is 5.05. The van der Waals surface area contributed by atoms with Crippen LogP contribution in [0, 0.1) is 16.7 Å². The molecular formula is C14H22O. The van der Waals surface area contributed by atoms with Crippen LogP contribution in [0.3, 0.4) is 0 Å². The fraction of sp³-hybridized carbons (Fsp3) is 0.786. The van der Waals surface area contributed by atoms with Gasteiger partial charge in [0.05, 0.1) is 6.10 Å². The molecule has 2 aliphatic rings. The van der Waals surface area contributed by atoms with E-state index in [0.29, 0.717) is 5.92 Å². The smallest absolute Gasteiger partial charge is 0.0594 e. The largest absolute Gasteiger partial charge is 0.393 e. The van der Waals surface area contributed by atoms with E-state index in [4.69, 9.17) is 0 Å². The predicted molar refractivity (Wildman–Crippen MR) is 62.5 cm³/mol. The van der Waals surface area contributed by atoms with Crippen molar-refractivity contribution in [3.05, 3.63) is 17.9 Å². The molecule has 0 aromatic carbocycles. The Morgan fingerprint density at radius 3 is 2.60 bits per heavy atom. The molecule has 1 heteroatoms. The maximum Gasteiger partial charge on any atom is 0.0594 e. The number of allylic oxidation sites excluding steroid dienone is 1. The van der Waals surface area contributed by atoms with Gasteiger partial charge in [-0.2, -0.15) is 0 Å². The normalized spacial score (nSPS) is 43.6. The van der Waals surface area contributed by atoms with Gasteiger partial charge in [-0.1, -0.05) is 27.4 Å². The minimum atomic E-state index is -0.139. The molecule has 0 heterocycles. The zero-order valence-electron chi connectivity index (χ0n) is 10.1. The molecule has 2 fully saturated rings. The average Bonchev–Trinajstić information content (AvgIpc) is 2.51. The molecule has 0 radical (unpaired) electrons. The lowest BCUT2D eigenvalue weighted by Gasteiger charge is -2.50. The van der Waals surface area contributed by atoms with Gasteiger partial charge in [0, 0.05) is 0 Å². The first-order valence-corrected chi connectivity index (χ1v) is 6.00. The maximum absolute atomic E-state index is 10.1. The van der Waals surface area contributed by atoms with Crippen LogP contribution in [-0.2, 0) is 0 Å². The fourth-order valence-corrected chi connectivity index (χ4v) is 3.95. The first kappa shape index (κ1) is 11.0. The summed E-state index contributed by atoms with van der Waals surface area (Å²) in [5.41, 5.74) is 4.84. The van der Waals surface area contributed by atoms with Gasteiger partial charge in [0.25, 0.3) is 0 Å². The highest BCUT2D eigenvalue weighted by Gasteiger charge is 2.54. The first-order valence-electron chi connectivity index (χ1n) is 6.00. The minimum Gasteiger partial charge on any atom is -0.393 e. The highest BCUT2D eigenvalue weighted by molar-refractivity contribution is 5.23. The van der Waals surface area contributed by atoms with E-state index in [-0.39, 0.29) is 16.9 Å². The molecule has 2 saturated carbocycles. The van der Waals surface area contributed by atoms with E-state index < -0.39 is 0 Å². The van der Waals surface area contributed by atoms with Crippen LogP contribution in [0.25, 0.3) is 0 Å². The highest BCUT2D eigenvalue weighted by atomic mass is 16.3. The van der Waals surface area contributed by atoms with Gasteiger partial charge in [0.2, 0.25) is 0 Å². The molecule has 0 bridgehead atoms. The molecule has 15 heavy (non-hydrogen) atoms. The number of hydrogen-bond acceptors (Lipinski definition) is 1. The molecular weight excluding hydrogens is 184 g/mol. The second kappa shape index (κ2) is 3.23. The molecule has 0 spiro atoms. The first-order chi connectivity index (χ1) is 6.93. The predicted octanol–water partition coefficient (Wildman–Crippen LogP) is 3.29. The Morgan fingerprint density at radius 1 is 1.33 bits per heavy atom. The average molecular weight is 206 g/mol. The Balaban J connectivity index is 2.42. The molecule has 0 saturated heterocycles. The van der Waals surface area contributed by atoms with Crippen molar-refractivity contribution < 1.29 is 5.11 Å². The van der Waals surface area contributed by atoms with Crippen LogP contribution in [0.4, 0.5) is 0 Å². The van der Waals surface area contributed by atoms with Crippen molar-refractivity contribution in [2.75, 3.05) is 0 Å². The monoisotopic (exact) mass is 206 g/mol. The van der Waals surface area contributed by atoms with Gasteiger partial charge in [-0.25, -0.2) is 0 Å². The summed E-state index contributed by atoms with van der Waals surface area (Å²) >= 11 is 0. The van der Waals surface area contributed by atoms with Gasteiger partial charge in [0.1, 0.15) is 0 Å². The van der Waals surface area contributed by atoms with Crippen LogP contribution in [-0.4, -0.2) is 11.2 Å². The lowest BCUT2D eigenvalue weighted by Crippen LogP contribution is -2.47. The zero-order valence-corrected chi connectivity index (χ0v) is 10.1. The number of aliphatic hydroxyl groups excluding tert-OH is 1. The third-order valence-corrected chi connectivity index (χ3v) is 5.05. The van der Waals surface area contributed by atoms with Gasteiger partial charge in [-0.3, -0.25) is 0 Å². The molecule has 0 unspecified atom stereocenters. The molecule has 3 atom stereocenters. The summed E-state index contributed by atoms with van der Waals surface area (Å²) in [5, 5.41) is 10.1. The Labute approximate surface area is 92.9 Å². The summed E-state index contributed by atoms with van der Waals surface area (Å²) in [7, 11) is 0. The minimum absolute atomic E-state index is 0.0472.